The largest absolute Gasteiger partial charge is 0.491 e. The van der Waals surface area contributed by atoms with E-state index in [1.807, 2.05) is 6.07 Å². The van der Waals surface area contributed by atoms with E-state index in [0.717, 1.165) is 0 Å². The third-order valence-corrected chi connectivity index (χ3v) is 3.77. The highest BCUT2D eigenvalue weighted by Gasteiger charge is 2.21. The van der Waals surface area contributed by atoms with Gasteiger partial charge in [-0.1, -0.05) is 0 Å². The molecule has 3 rings (SSSR count). The van der Waals surface area contributed by atoms with E-state index in [1.165, 1.54) is 0 Å². The summed E-state index contributed by atoms with van der Waals surface area (Å²) in [6.45, 7) is 0.951. The van der Waals surface area contributed by atoms with Gasteiger partial charge in [0.05, 0.1) is 23.7 Å². The van der Waals surface area contributed by atoms with Gasteiger partial charge in [0.2, 0.25) is 0 Å². The number of nitrogens with zero attached hydrogens (tertiary/aromatic N) is 2. The van der Waals surface area contributed by atoms with Crippen molar-refractivity contribution >= 4 is 17.5 Å². The van der Waals surface area contributed by atoms with Gasteiger partial charge in [-0.15, -0.1) is 0 Å². The average molecular weight is 321 g/mol. The topological polar surface area (TPSA) is 82.4 Å². The highest BCUT2D eigenvalue weighted by atomic mass is 16.5. The zero-order chi connectivity index (χ0) is 17.1. The van der Waals surface area contributed by atoms with E-state index in [0.29, 0.717) is 41.3 Å². The van der Waals surface area contributed by atoms with Crippen LogP contribution in [0.1, 0.15) is 26.3 Å². The molecule has 1 aliphatic heterocycles. The maximum absolute atomic E-state index is 12.3. The van der Waals surface area contributed by atoms with Gasteiger partial charge in [-0.05, 0) is 42.5 Å². The molecule has 0 saturated heterocycles. The number of likely N-dealkylation sites (N-methyl/N-ethyl adjacent to an activating group) is 1. The summed E-state index contributed by atoms with van der Waals surface area (Å²) in [6.07, 6.45) is 0. The lowest BCUT2D eigenvalue weighted by atomic mass is 10.1. The van der Waals surface area contributed by atoms with Crippen LogP contribution in [0.4, 0.5) is 5.69 Å². The lowest BCUT2D eigenvalue weighted by Gasteiger charge is -2.13. The number of ether oxygens (including phenoxy) is 1. The summed E-state index contributed by atoms with van der Waals surface area (Å²) in [5.74, 6) is 0.0625. The number of hydrogen-bond acceptors (Lipinski definition) is 4. The first-order valence-electron chi connectivity index (χ1n) is 7.42. The van der Waals surface area contributed by atoms with E-state index in [-0.39, 0.29) is 11.8 Å². The fourth-order valence-electron chi connectivity index (χ4n) is 2.40. The molecule has 1 N–H and O–H groups in total. The minimum atomic E-state index is -0.310. The molecule has 1 aliphatic rings. The summed E-state index contributed by atoms with van der Waals surface area (Å²) in [7, 11) is 1.71. The van der Waals surface area contributed by atoms with Crippen LogP contribution in [0.3, 0.4) is 0 Å². The highest BCUT2D eigenvalue weighted by molar-refractivity contribution is 6.05. The molecule has 0 radical (unpaired) electrons. The van der Waals surface area contributed by atoms with Crippen LogP contribution in [0, 0.1) is 11.3 Å². The summed E-state index contributed by atoms with van der Waals surface area (Å²) in [5, 5.41) is 11.5. The maximum Gasteiger partial charge on any atom is 0.257 e. The summed E-state index contributed by atoms with van der Waals surface area (Å²) >= 11 is 0. The lowest BCUT2D eigenvalue weighted by Crippen LogP contribution is -2.27. The highest BCUT2D eigenvalue weighted by Crippen LogP contribution is 2.26. The Morgan fingerprint density at radius 2 is 2.00 bits per heavy atom. The second-order valence-corrected chi connectivity index (χ2v) is 5.43. The quantitative estimate of drug-likeness (QED) is 0.920. The van der Waals surface area contributed by atoms with Gasteiger partial charge >= 0.3 is 0 Å². The number of anilines is 1. The molecule has 6 nitrogen and oxygen atoms in total. The molecule has 0 saturated carbocycles. The van der Waals surface area contributed by atoms with Crippen molar-refractivity contribution in [3.8, 4) is 11.8 Å². The summed E-state index contributed by atoms with van der Waals surface area (Å²) in [5.41, 5.74) is 1.86. The number of nitriles is 1. The van der Waals surface area contributed by atoms with E-state index >= 15 is 0 Å². The van der Waals surface area contributed by atoms with Crippen LogP contribution < -0.4 is 10.1 Å². The molecule has 120 valence electrons. The summed E-state index contributed by atoms with van der Waals surface area (Å²) in [6, 6.07) is 13.3. The number of fused-ring (bicyclic) bond motifs is 1. The number of amides is 2. The third kappa shape index (κ3) is 3.06. The number of nitrogens with one attached hydrogen (secondary N) is 1. The predicted molar refractivity (Wildman–Crippen MR) is 88.0 cm³/mol. The Balaban J connectivity index is 1.83. The fourth-order valence-corrected chi connectivity index (χ4v) is 2.40. The number of carbonyl (C=O) groups is 2. The van der Waals surface area contributed by atoms with E-state index < -0.39 is 0 Å². The molecule has 24 heavy (non-hydrogen) atoms. The first-order valence-corrected chi connectivity index (χ1v) is 7.42. The van der Waals surface area contributed by atoms with Gasteiger partial charge in [-0.3, -0.25) is 9.59 Å². The van der Waals surface area contributed by atoms with Gasteiger partial charge in [0.1, 0.15) is 12.4 Å². The molecule has 0 aromatic heterocycles. The maximum atomic E-state index is 12.3. The van der Waals surface area contributed by atoms with Gasteiger partial charge < -0.3 is 15.0 Å². The van der Waals surface area contributed by atoms with Crippen molar-refractivity contribution in [3.63, 3.8) is 0 Å². The Morgan fingerprint density at radius 1 is 1.25 bits per heavy atom. The van der Waals surface area contributed by atoms with E-state index in [9.17, 15) is 9.59 Å². The zero-order valence-corrected chi connectivity index (χ0v) is 13.1. The smallest absolute Gasteiger partial charge is 0.257 e. The molecule has 0 atom stereocenters. The molecular weight excluding hydrogens is 306 g/mol. The second-order valence-electron chi connectivity index (χ2n) is 5.43. The van der Waals surface area contributed by atoms with Gasteiger partial charge in [0.15, 0.2) is 0 Å². The number of benzene rings is 2. The molecule has 2 aromatic rings. The van der Waals surface area contributed by atoms with E-state index in [1.54, 1.807) is 54.4 Å². The second kappa shape index (κ2) is 6.42. The molecule has 1 heterocycles. The van der Waals surface area contributed by atoms with Crippen molar-refractivity contribution < 1.29 is 14.3 Å². The van der Waals surface area contributed by atoms with Crippen LogP contribution in [0.5, 0.6) is 5.75 Å². The van der Waals surface area contributed by atoms with Crippen molar-refractivity contribution in [2.24, 2.45) is 0 Å². The molecule has 0 fully saturated rings. The van der Waals surface area contributed by atoms with Gasteiger partial charge in [0.25, 0.3) is 11.8 Å². The first kappa shape index (κ1) is 15.6. The Kier molecular flexibility index (Phi) is 4.17. The van der Waals surface area contributed by atoms with Crippen molar-refractivity contribution in [3.05, 3.63) is 59.2 Å². The number of carbonyl (C=O) groups excluding carboxylic acids is 2. The van der Waals surface area contributed by atoms with Crippen LogP contribution in [0.2, 0.25) is 0 Å². The SMILES string of the molecule is CN1CCOc2ccc(NC(=O)c3ccc(C#N)cc3)cc2C1=O. The Morgan fingerprint density at radius 3 is 2.71 bits per heavy atom. The van der Waals surface area contributed by atoms with Gasteiger partial charge in [0, 0.05) is 18.3 Å². The summed E-state index contributed by atoms with van der Waals surface area (Å²) < 4.78 is 5.55. The normalized spacial score (nSPS) is 13.3. The standard InChI is InChI=1S/C18H15N3O3/c1-21-8-9-24-16-7-6-14(10-15(16)18(21)23)20-17(22)13-4-2-12(11-19)3-5-13/h2-7,10H,8-9H2,1H3,(H,20,22). The monoisotopic (exact) mass is 321 g/mol. The fraction of sp³-hybridized carbons (Fsp3) is 0.167. The van der Waals surface area contributed by atoms with Crippen LogP contribution in [0.25, 0.3) is 0 Å². The van der Waals surface area contributed by atoms with Crippen molar-refractivity contribution in [1.29, 1.82) is 5.26 Å². The van der Waals surface area contributed by atoms with Crippen molar-refractivity contribution in [2.75, 3.05) is 25.5 Å². The van der Waals surface area contributed by atoms with E-state index in [2.05, 4.69) is 5.32 Å². The van der Waals surface area contributed by atoms with Gasteiger partial charge in [-0.2, -0.15) is 5.26 Å². The van der Waals surface area contributed by atoms with Crippen molar-refractivity contribution in [1.82, 2.24) is 4.90 Å². The van der Waals surface area contributed by atoms with Crippen LogP contribution >= 0.6 is 0 Å². The molecule has 0 aliphatic carbocycles. The van der Waals surface area contributed by atoms with Crippen molar-refractivity contribution in [2.45, 2.75) is 0 Å². The Labute approximate surface area is 139 Å². The minimum Gasteiger partial charge on any atom is -0.491 e. The van der Waals surface area contributed by atoms with Crippen LogP contribution in [0.15, 0.2) is 42.5 Å². The van der Waals surface area contributed by atoms with Crippen LogP contribution in [-0.4, -0.2) is 36.9 Å². The Hall–Kier alpha value is -3.33. The van der Waals surface area contributed by atoms with E-state index in [4.69, 9.17) is 10.00 Å². The molecule has 6 heteroatoms. The summed E-state index contributed by atoms with van der Waals surface area (Å²) in [4.78, 5) is 26.2. The Bertz CT molecular complexity index is 838. The molecule has 2 aromatic carbocycles. The lowest BCUT2D eigenvalue weighted by molar-refractivity contribution is 0.0796. The molecule has 0 unspecified atom stereocenters. The average Bonchev–Trinajstić information content (AvgIpc) is 2.74. The molecule has 0 bridgehead atoms. The third-order valence-electron chi connectivity index (χ3n) is 3.77. The zero-order valence-electron chi connectivity index (χ0n) is 13.1. The molecule has 0 spiro atoms. The molecule has 2 amide bonds. The first-order chi connectivity index (χ1) is 11.6. The number of hydrogen-bond donors (Lipinski definition) is 1. The molecular formula is C18H15N3O3. The van der Waals surface area contributed by atoms with Gasteiger partial charge in [-0.25, -0.2) is 0 Å². The predicted octanol–water partition coefficient (Wildman–Crippen LogP) is 2.27. The number of rotatable bonds is 2. The van der Waals surface area contributed by atoms with Crippen LogP contribution in [-0.2, 0) is 0 Å². The minimum absolute atomic E-state index is 0.142.